The minimum atomic E-state index is -0.699. The van der Waals surface area contributed by atoms with Gasteiger partial charge in [-0.2, -0.15) is 0 Å². The van der Waals surface area contributed by atoms with E-state index < -0.39 is 6.10 Å². The van der Waals surface area contributed by atoms with Gasteiger partial charge in [0.25, 0.3) is 5.91 Å². The van der Waals surface area contributed by atoms with E-state index in [-0.39, 0.29) is 12.5 Å². The second-order valence-corrected chi connectivity index (χ2v) is 7.38. The molecule has 0 fully saturated rings. The molecule has 2 heterocycles. The molecule has 0 spiro atoms. The first-order valence-electron chi connectivity index (χ1n) is 9.99. The summed E-state index contributed by atoms with van der Waals surface area (Å²) in [6, 6.07) is 27.5. The zero-order chi connectivity index (χ0) is 20.5. The number of fused-ring (bicyclic) bond motifs is 2. The van der Waals surface area contributed by atoms with E-state index >= 15 is 0 Å². The Bertz CT molecular complexity index is 1200. The maximum absolute atomic E-state index is 13.6. The predicted octanol–water partition coefficient (Wildman–Crippen LogP) is 4.55. The summed E-state index contributed by atoms with van der Waals surface area (Å²) in [5.41, 5.74) is 3.01. The van der Waals surface area contributed by atoms with Crippen LogP contribution in [-0.2, 0) is 18.4 Å². The standard InChI is InChI=1S/C25H22N2O3/c1-26-20(15-18-9-5-6-12-21(18)26)16-27(19-10-3-2-4-11-19)25(28)24-17-29-22-13-7-8-14-23(22)30-24/h2-15,24H,16-17H2,1H3/t24-/m0/s1. The lowest BCUT2D eigenvalue weighted by Gasteiger charge is -2.31. The molecule has 1 aliphatic heterocycles. The van der Waals surface area contributed by atoms with E-state index in [9.17, 15) is 4.79 Å². The third-order valence-electron chi connectivity index (χ3n) is 5.49. The number of hydrogen-bond donors (Lipinski definition) is 0. The molecule has 0 N–H and O–H groups in total. The van der Waals surface area contributed by atoms with Crippen molar-refractivity contribution < 1.29 is 14.3 Å². The molecule has 5 heteroatoms. The van der Waals surface area contributed by atoms with Gasteiger partial charge in [-0.05, 0) is 41.8 Å². The van der Waals surface area contributed by atoms with Crippen LogP contribution < -0.4 is 14.4 Å². The summed E-state index contributed by atoms with van der Waals surface area (Å²) in [6.45, 7) is 0.629. The van der Waals surface area contributed by atoms with Gasteiger partial charge in [0, 0.05) is 23.9 Å². The fraction of sp³-hybridized carbons (Fsp3) is 0.160. The Morgan fingerprint density at radius 1 is 0.967 bits per heavy atom. The Labute approximate surface area is 175 Å². The molecule has 0 radical (unpaired) electrons. The number of aromatic nitrogens is 1. The first-order chi connectivity index (χ1) is 14.7. The van der Waals surface area contributed by atoms with Crippen LogP contribution >= 0.6 is 0 Å². The zero-order valence-electron chi connectivity index (χ0n) is 16.7. The maximum Gasteiger partial charge on any atom is 0.272 e. The van der Waals surface area contributed by atoms with Crippen molar-refractivity contribution in [3.05, 3.63) is 90.6 Å². The van der Waals surface area contributed by atoms with Gasteiger partial charge in [-0.3, -0.25) is 4.79 Å². The molecule has 150 valence electrons. The molecule has 5 nitrogen and oxygen atoms in total. The van der Waals surface area contributed by atoms with Gasteiger partial charge in [0.05, 0.1) is 6.54 Å². The van der Waals surface area contributed by atoms with E-state index in [1.807, 2.05) is 73.8 Å². The van der Waals surface area contributed by atoms with E-state index in [0.29, 0.717) is 18.0 Å². The summed E-state index contributed by atoms with van der Waals surface area (Å²) in [7, 11) is 2.03. The van der Waals surface area contributed by atoms with Crippen LogP contribution in [0.5, 0.6) is 11.5 Å². The van der Waals surface area contributed by atoms with Crippen molar-refractivity contribution in [1.82, 2.24) is 4.57 Å². The molecule has 0 saturated carbocycles. The van der Waals surface area contributed by atoms with Crippen molar-refractivity contribution in [3.8, 4) is 11.5 Å². The van der Waals surface area contributed by atoms with Gasteiger partial charge >= 0.3 is 0 Å². The highest BCUT2D eigenvalue weighted by Gasteiger charge is 2.32. The van der Waals surface area contributed by atoms with Gasteiger partial charge in [-0.15, -0.1) is 0 Å². The summed E-state index contributed by atoms with van der Waals surface area (Å²) >= 11 is 0. The third kappa shape index (κ3) is 3.28. The van der Waals surface area contributed by atoms with Crippen molar-refractivity contribution >= 4 is 22.5 Å². The van der Waals surface area contributed by atoms with Crippen LogP contribution in [-0.4, -0.2) is 23.2 Å². The van der Waals surface area contributed by atoms with Crippen molar-refractivity contribution in [2.75, 3.05) is 11.5 Å². The number of ether oxygens (including phenoxy) is 2. The normalized spacial score (nSPS) is 15.2. The first-order valence-corrected chi connectivity index (χ1v) is 9.99. The molecule has 1 aromatic heterocycles. The molecule has 1 amide bonds. The van der Waals surface area contributed by atoms with E-state index in [0.717, 1.165) is 22.3 Å². The molecule has 3 aromatic carbocycles. The van der Waals surface area contributed by atoms with Crippen LogP contribution in [0.2, 0.25) is 0 Å². The van der Waals surface area contributed by atoms with Crippen molar-refractivity contribution in [3.63, 3.8) is 0 Å². The fourth-order valence-electron chi connectivity index (χ4n) is 3.88. The Hall–Kier alpha value is -3.73. The summed E-state index contributed by atoms with van der Waals surface area (Å²) < 4.78 is 13.9. The number of anilines is 1. The van der Waals surface area contributed by atoms with Crippen LogP contribution in [0, 0.1) is 0 Å². The number of aryl methyl sites for hydroxylation is 1. The quantitative estimate of drug-likeness (QED) is 0.507. The SMILES string of the molecule is Cn1c(CN(C(=O)[C@@H]2COc3ccccc3O2)c2ccccc2)cc2ccccc21. The van der Waals surface area contributed by atoms with Gasteiger partial charge in [0.1, 0.15) is 6.61 Å². The van der Waals surface area contributed by atoms with Crippen molar-refractivity contribution in [1.29, 1.82) is 0 Å². The molecular weight excluding hydrogens is 376 g/mol. The Morgan fingerprint density at radius 2 is 1.67 bits per heavy atom. The van der Waals surface area contributed by atoms with Crippen LogP contribution in [0.4, 0.5) is 5.69 Å². The monoisotopic (exact) mass is 398 g/mol. The smallest absolute Gasteiger partial charge is 0.272 e. The van der Waals surface area contributed by atoms with Gasteiger partial charge in [0.15, 0.2) is 11.5 Å². The maximum atomic E-state index is 13.6. The molecule has 0 bridgehead atoms. The van der Waals surface area contributed by atoms with Gasteiger partial charge in [0.2, 0.25) is 6.10 Å². The van der Waals surface area contributed by atoms with E-state index in [1.165, 1.54) is 0 Å². The Kier molecular flexibility index (Phi) is 4.64. The second kappa shape index (κ2) is 7.59. The number of hydrogen-bond acceptors (Lipinski definition) is 3. The molecule has 1 aliphatic rings. The van der Waals surface area contributed by atoms with Crippen LogP contribution in [0.1, 0.15) is 5.69 Å². The summed E-state index contributed by atoms with van der Waals surface area (Å²) in [5, 5.41) is 1.15. The van der Waals surface area contributed by atoms with E-state index in [2.05, 4.69) is 22.8 Å². The number of carbonyl (C=O) groups excluding carboxylic acids is 1. The van der Waals surface area contributed by atoms with E-state index in [1.54, 1.807) is 4.90 Å². The highest BCUT2D eigenvalue weighted by Crippen LogP contribution is 2.32. The second-order valence-electron chi connectivity index (χ2n) is 7.38. The van der Waals surface area contributed by atoms with Crippen molar-refractivity contribution in [2.24, 2.45) is 7.05 Å². The fourth-order valence-corrected chi connectivity index (χ4v) is 3.88. The lowest BCUT2D eigenvalue weighted by molar-refractivity contribution is -0.127. The number of para-hydroxylation sites is 4. The average molecular weight is 398 g/mol. The number of benzene rings is 3. The summed E-state index contributed by atoms with van der Waals surface area (Å²) in [4.78, 5) is 15.3. The van der Waals surface area contributed by atoms with Gasteiger partial charge < -0.3 is 18.9 Å². The molecule has 0 saturated heterocycles. The Morgan fingerprint density at radius 3 is 2.47 bits per heavy atom. The Balaban J connectivity index is 1.48. The van der Waals surface area contributed by atoms with Crippen LogP contribution in [0.15, 0.2) is 84.9 Å². The predicted molar refractivity (Wildman–Crippen MR) is 117 cm³/mol. The summed E-state index contributed by atoms with van der Waals surface area (Å²) in [6.07, 6.45) is -0.699. The number of carbonyl (C=O) groups is 1. The zero-order valence-corrected chi connectivity index (χ0v) is 16.7. The number of amides is 1. The molecule has 30 heavy (non-hydrogen) atoms. The van der Waals surface area contributed by atoms with Crippen LogP contribution in [0.25, 0.3) is 10.9 Å². The number of rotatable bonds is 4. The summed E-state index contributed by atoms with van der Waals surface area (Å²) in [5.74, 6) is 1.14. The first kappa shape index (κ1) is 18.3. The van der Waals surface area contributed by atoms with Gasteiger partial charge in [-0.1, -0.05) is 48.5 Å². The highest BCUT2D eigenvalue weighted by atomic mass is 16.6. The largest absolute Gasteiger partial charge is 0.485 e. The van der Waals surface area contributed by atoms with Gasteiger partial charge in [-0.25, -0.2) is 0 Å². The minimum absolute atomic E-state index is 0.124. The molecule has 0 unspecified atom stereocenters. The molecule has 4 aromatic rings. The topological polar surface area (TPSA) is 43.7 Å². The molecule has 5 rings (SSSR count). The lowest BCUT2D eigenvalue weighted by atomic mass is 10.2. The molecule has 1 atom stereocenters. The van der Waals surface area contributed by atoms with Crippen LogP contribution in [0.3, 0.4) is 0 Å². The molecule has 0 aliphatic carbocycles. The average Bonchev–Trinajstić information content (AvgIpc) is 3.12. The molecular formula is C25H22N2O3. The lowest BCUT2D eigenvalue weighted by Crippen LogP contribution is -2.46. The highest BCUT2D eigenvalue weighted by molar-refractivity contribution is 5.97. The number of nitrogens with zero attached hydrogens (tertiary/aromatic N) is 2. The van der Waals surface area contributed by atoms with Crippen molar-refractivity contribution in [2.45, 2.75) is 12.6 Å². The minimum Gasteiger partial charge on any atom is -0.485 e. The third-order valence-corrected chi connectivity index (χ3v) is 5.49. The van der Waals surface area contributed by atoms with E-state index in [4.69, 9.17) is 9.47 Å².